The molecule has 3 nitrogen and oxygen atoms in total. The van der Waals surface area contributed by atoms with Gasteiger partial charge in [-0.25, -0.2) is 4.98 Å². The molecule has 1 aromatic heterocycles. The summed E-state index contributed by atoms with van der Waals surface area (Å²) in [5.41, 5.74) is 7.10. The lowest BCUT2D eigenvalue weighted by Gasteiger charge is -2.34. The molecule has 1 fully saturated rings. The number of nitrogens with one attached hydrogen (secondary N) is 1. The van der Waals surface area contributed by atoms with E-state index in [1.807, 2.05) is 12.3 Å². The largest absolute Gasteiger partial charge is 0.384 e. The second kappa shape index (κ2) is 7.63. The fraction of sp³-hybridized carbons (Fsp3) is 0.706. The minimum absolute atomic E-state index is 0.583. The van der Waals surface area contributed by atoms with E-state index in [9.17, 15) is 0 Å². The number of nitrogens with zero attached hydrogens (tertiary/aromatic N) is 1. The van der Waals surface area contributed by atoms with Crippen molar-refractivity contribution in [2.75, 3.05) is 12.3 Å². The van der Waals surface area contributed by atoms with Crippen LogP contribution in [0, 0.1) is 11.8 Å². The minimum Gasteiger partial charge on any atom is -0.384 e. The minimum atomic E-state index is 0.583. The van der Waals surface area contributed by atoms with Crippen LogP contribution in [0.15, 0.2) is 18.3 Å². The predicted octanol–water partition coefficient (Wildman–Crippen LogP) is 3.40. The molecular weight excluding hydrogens is 246 g/mol. The highest BCUT2D eigenvalue weighted by molar-refractivity contribution is 5.32. The Kier molecular flexibility index (Phi) is 5.84. The summed E-state index contributed by atoms with van der Waals surface area (Å²) in [5, 5.41) is 3.69. The Morgan fingerprint density at radius 1 is 1.30 bits per heavy atom. The molecule has 1 unspecified atom stereocenters. The summed E-state index contributed by atoms with van der Waals surface area (Å²) in [6.07, 6.45) is 9.79. The van der Waals surface area contributed by atoms with Gasteiger partial charge in [0.05, 0.1) is 0 Å². The average Bonchev–Trinajstić information content (AvgIpc) is 2.47. The fourth-order valence-electron chi connectivity index (χ4n) is 3.54. The highest BCUT2D eigenvalue weighted by atomic mass is 14.9. The van der Waals surface area contributed by atoms with Gasteiger partial charge in [0.25, 0.3) is 0 Å². The first-order valence-electron chi connectivity index (χ1n) is 8.16. The van der Waals surface area contributed by atoms with Crippen LogP contribution >= 0.6 is 0 Å². The third-order valence-electron chi connectivity index (χ3n) is 4.81. The van der Waals surface area contributed by atoms with Crippen molar-refractivity contribution in [1.29, 1.82) is 0 Å². The van der Waals surface area contributed by atoms with E-state index >= 15 is 0 Å². The van der Waals surface area contributed by atoms with Crippen molar-refractivity contribution in [2.45, 2.75) is 58.4 Å². The quantitative estimate of drug-likeness (QED) is 0.836. The van der Waals surface area contributed by atoms with Crippen molar-refractivity contribution >= 4 is 5.82 Å². The van der Waals surface area contributed by atoms with Gasteiger partial charge in [0.2, 0.25) is 0 Å². The first-order valence-corrected chi connectivity index (χ1v) is 8.16. The number of nitrogens with two attached hydrogens (primary N) is 1. The van der Waals surface area contributed by atoms with Crippen LogP contribution in [0.4, 0.5) is 5.82 Å². The summed E-state index contributed by atoms with van der Waals surface area (Å²) in [7, 11) is 0. The zero-order valence-electron chi connectivity index (χ0n) is 12.9. The lowest BCUT2D eigenvalue weighted by atomic mass is 9.76. The zero-order valence-corrected chi connectivity index (χ0v) is 12.9. The van der Waals surface area contributed by atoms with Gasteiger partial charge in [0, 0.05) is 12.2 Å². The summed E-state index contributed by atoms with van der Waals surface area (Å²) in [6.45, 7) is 5.57. The van der Waals surface area contributed by atoms with Crippen molar-refractivity contribution in [3.63, 3.8) is 0 Å². The van der Waals surface area contributed by atoms with Crippen LogP contribution in [0.3, 0.4) is 0 Å². The lowest BCUT2D eigenvalue weighted by Crippen LogP contribution is -2.39. The Balaban J connectivity index is 1.96. The van der Waals surface area contributed by atoms with E-state index in [1.165, 1.54) is 37.7 Å². The Morgan fingerprint density at radius 2 is 2.05 bits per heavy atom. The van der Waals surface area contributed by atoms with Gasteiger partial charge in [0.1, 0.15) is 5.82 Å². The average molecular weight is 275 g/mol. The molecule has 0 bridgehead atoms. The molecule has 1 heterocycles. The number of nitrogen functional groups attached to an aromatic ring is 1. The maximum absolute atomic E-state index is 5.79. The third-order valence-corrected chi connectivity index (χ3v) is 4.81. The molecule has 2 rings (SSSR count). The van der Waals surface area contributed by atoms with E-state index in [-0.39, 0.29) is 0 Å². The Bertz CT molecular complexity index is 397. The van der Waals surface area contributed by atoms with E-state index in [1.54, 1.807) is 0 Å². The highest BCUT2D eigenvalue weighted by Crippen LogP contribution is 2.33. The maximum Gasteiger partial charge on any atom is 0.123 e. The molecule has 0 aromatic carbocycles. The molecule has 0 radical (unpaired) electrons. The van der Waals surface area contributed by atoms with Crippen molar-refractivity contribution in [1.82, 2.24) is 10.3 Å². The van der Waals surface area contributed by atoms with Gasteiger partial charge in [-0.2, -0.15) is 0 Å². The van der Waals surface area contributed by atoms with Crippen LogP contribution in [-0.2, 0) is 6.42 Å². The molecule has 1 saturated carbocycles. The highest BCUT2D eigenvalue weighted by Gasteiger charge is 2.26. The molecule has 3 heteroatoms. The molecule has 0 saturated heterocycles. The molecule has 3 N–H and O–H groups in total. The number of aromatic nitrogens is 1. The second-order valence-electron chi connectivity index (χ2n) is 6.15. The molecule has 112 valence electrons. The SMILES string of the molecule is CCNC(Cc1ccnc(N)c1)C1CCC(CC)CC1. The number of hydrogen-bond acceptors (Lipinski definition) is 3. The van der Waals surface area contributed by atoms with Gasteiger partial charge >= 0.3 is 0 Å². The number of hydrogen-bond donors (Lipinski definition) is 2. The monoisotopic (exact) mass is 275 g/mol. The van der Waals surface area contributed by atoms with E-state index < -0.39 is 0 Å². The number of likely N-dealkylation sites (N-methyl/N-ethyl adjacent to an activating group) is 1. The number of pyridine rings is 1. The van der Waals surface area contributed by atoms with Crippen LogP contribution < -0.4 is 11.1 Å². The molecule has 1 atom stereocenters. The molecule has 0 aliphatic heterocycles. The topological polar surface area (TPSA) is 50.9 Å². The van der Waals surface area contributed by atoms with Crippen molar-refractivity contribution < 1.29 is 0 Å². The molecule has 1 aliphatic rings. The van der Waals surface area contributed by atoms with E-state index in [0.717, 1.165) is 24.8 Å². The first kappa shape index (κ1) is 15.3. The summed E-state index contributed by atoms with van der Waals surface area (Å²) in [4.78, 5) is 4.08. The molecule has 1 aromatic rings. The van der Waals surface area contributed by atoms with E-state index in [4.69, 9.17) is 5.73 Å². The van der Waals surface area contributed by atoms with Gasteiger partial charge in [-0.15, -0.1) is 0 Å². The molecule has 1 aliphatic carbocycles. The van der Waals surface area contributed by atoms with Crippen LogP contribution in [-0.4, -0.2) is 17.6 Å². The smallest absolute Gasteiger partial charge is 0.123 e. The van der Waals surface area contributed by atoms with Crippen LogP contribution in [0.2, 0.25) is 0 Å². The third kappa shape index (κ3) is 4.20. The van der Waals surface area contributed by atoms with E-state index in [2.05, 4.69) is 30.2 Å². The zero-order chi connectivity index (χ0) is 14.4. The van der Waals surface area contributed by atoms with Crippen molar-refractivity contribution in [2.24, 2.45) is 11.8 Å². The van der Waals surface area contributed by atoms with Crippen molar-refractivity contribution in [3.8, 4) is 0 Å². The molecule has 20 heavy (non-hydrogen) atoms. The van der Waals surface area contributed by atoms with Gasteiger partial charge < -0.3 is 11.1 Å². The lowest BCUT2D eigenvalue weighted by molar-refractivity contribution is 0.218. The normalized spacial score (nSPS) is 24.5. The summed E-state index contributed by atoms with van der Waals surface area (Å²) in [6, 6.07) is 4.69. The van der Waals surface area contributed by atoms with Gasteiger partial charge in [-0.1, -0.05) is 33.1 Å². The van der Waals surface area contributed by atoms with Crippen molar-refractivity contribution in [3.05, 3.63) is 23.9 Å². The fourth-order valence-corrected chi connectivity index (χ4v) is 3.54. The molecule has 0 spiro atoms. The van der Waals surface area contributed by atoms with Crippen LogP contribution in [0.25, 0.3) is 0 Å². The van der Waals surface area contributed by atoms with E-state index in [0.29, 0.717) is 11.9 Å². The summed E-state index contributed by atoms with van der Waals surface area (Å²) < 4.78 is 0. The van der Waals surface area contributed by atoms with Gasteiger partial charge in [-0.3, -0.25) is 0 Å². The first-order chi connectivity index (χ1) is 9.72. The predicted molar refractivity (Wildman–Crippen MR) is 85.6 cm³/mol. The van der Waals surface area contributed by atoms with Gasteiger partial charge in [0.15, 0.2) is 0 Å². The van der Waals surface area contributed by atoms with Crippen LogP contribution in [0.1, 0.15) is 51.5 Å². The molecule has 0 amide bonds. The Labute approximate surface area is 123 Å². The molecular formula is C17H29N3. The second-order valence-corrected chi connectivity index (χ2v) is 6.15. The number of rotatable bonds is 6. The Hall–Kier alpha value is -1.09. The summed E-state index contributed by atoms with van der Waals surface area (Å²) >= 11 is 0. The standard InChI is InChI=1S/C17H29N3/c1-3-13-5-7-15(8-6-13)16(19-4-2)11-14-9-10-20-17(18)12-14/h9-10,12-13,15-16,19H,3-8,11H2,1-2H3,(H2,18,20). The van der Waals surface area contributed by atoms with Gasteiger partial charge in [-0.05, 0) is 55.3 Å². The Morgan fingerprint density at radius 3 is 2.65 bits per heavy atom. The number of anilines is 1. The maximum atomic E-state index is 5.79. The van der Waals surface area contributed by atoms with Crippen LogP contribution in [0.5, 0.6) is 0 Å². The summed E-state index contributed by atoms with van der Waals surface area (Å²) in [5.74, 6) is 2.41.